The minimum atomic E-state index is -2.42. The molecule has 106 valence electrons. The first-order valence-corrected chi connectivity index (χ1v) is 9.23. The molecule has 0 unspecified atom stereocenters. The Morgan fingerprint density at radius 1 is 1.20 bits per heavy atom. The zero-order chi connectivity index (χ0) is 14.9. The smallest absolute Gasteiger partial charge is 0.224 e. The van der Waals surface area contributed by atoms with Crippen molar-refractivity contribution in [3.05, 3.63) is 40.8 Å². The van der Waals surface area contributed by atoms with Crippen LogP contribution in [0.15, 0.2) is 30.5 Å². The molecule has 20 heavy (non-hydrogen) atoms. The predicted molar refractivity (Wildman–Crippen MR) is 85.6 cm³/mol. The molecule has 1 aromatic heterocycles. The molecule has 7 heteroatoms. The largest absolute Gasteiger partial charge is 0.327 e. The average Bonchev–Trinajstić information content (AvgIpc) is 2.40. The maximum Gasteiger partial charge on any atom is 0.224 e. The Bertz CT molecular complexity index is 687. The summed E-state index contributed by atoms with van der Waals surface area (Å²) >= 11 is 11.9. The van der Waals surface area contributed by atoms with Gasteiger partial charge in [0.15, 0.2) is 5.82 Å². The van der Waals surface area contributed by atoms with Crippen LogP contribution >= 0.6 is 30.3 Å². The minimum Gasteiger partial charge on any atom is -0.327 e. The van der Waals surface area contributed by atoms with Gasteiger partial charge in [-0.15, -0.1) is 0 Å². The van der Waals surface area contributed by atoms with Crippen molar-refractivity contribution in [3.63, 3.8) is 0 Å². The highest BCUT2D eigenvalue weighted by atomic mass is 35.5. The highest BCUT2D eigenvalue weighted by molar-refractivity contribution is 7.70. The van der Waals surface area contributed by atoms with E-state index in [2.05, 4.69) is 9.97 Å². The lowest BCUT2D eigenvalue weighted by atomic mass is 10.3. The van der Waals surface area contributed by atoms with Crippen LogP contribution in [0, 0.1) is 0 Å². The molecule has 0 N–H and O–H groups in total. The molecule has 0 saturated heterocycles. The van der Waals surface area contributed by atoms with Crippen molar-refractivity contribution < 1.29 is 4.57 Å². The van der Waals surface area contributed by atoms with Crippen LogP contribution < -0.4 is 10.2 Å². The zero-order valence-corrected chi connectivity index (χ0v) is 13.7. The molecule has 0 atom stereocenters. The van der Waals surface area contributed by atoms with Crippen molar-refractivity contribution in [2.45, 2.75) is 0 Å². The lowest BCUT2D eigenvalue weighted by Gasteiger charge is -2.23. The molecule has 0 fully saturated rings. The number of rotatable bonds is 3. The van der Waals surface area contributed by atoms with Gasteiger partial charge in [-0.2, -0.15) is 4.98 Å². The maximum atomic E-state index is 12.4. The van der Waals surface area contributed by atoms with E-state index in [1.165, 1.54) is 6.20 Å². The summed E-state index contributed by atoms with van der Waals surface area (Å²) in [4.78, 5) is 9.73. The van der Waals surface area contributed by atoms with Gasteiger partial charge in [0, 0.05) is 12.4 Å². The zero-order valence-electron chi connectivity index (χ0n) is 11.3. The van der Waals surface area contributed by atoms with Crippen LogP contribution in [0.25, 0.3) is 0 Å². The molecule has 2 rings (SSSR count). The number of anilines is 2. The summed E-state index contributed by atoms with van der Waals surface area (Å²) in [7, 11) is -0.614. The number of nitrogens with zero attached hydrogens (tertiary/aromatic N) is 3. The summed E-state index contributed by atoms with van der Waals surface area (Å²) < 4.78 is 12.4. The SMILES string of the molecule is CN(c1ccccc1P(C)(C)=O)c1nc(Cl)ncc1Cl. The van der Waals surface area contributed by atoms with E-state index in [1.807, 2.05) is 24.3 Å². The topological polar surface area (TPSA) is 46.1 Å². The second-order valence-corrected chi connectivity index (χ2v) is 8.64. The molecule has 4 nitrogen and oxygen atoms in total. The molecule has 0 aliphatic heterocycles. The molecular weight excluding hydrogens is 316 g/mol. The molecule has 0 radical (unpaired) electrons. The van der Waals surface area contributed by atoms with Crippen molar-refractivity contribution >= 4 is 47.2 Å². The van der Waals surface area contributed by atoms with Gasteiger partial charge in [-0.3, -0.25) is 0 Å². The first-order chi connectivity index (χ1) is 9.30. The number of hydrogen-bond acceptors (Lipinski definition) is 4. The van der Waals surface area contributed by atoms with Crippen LogP contribution in [-0.2, 0) is 4.57 Å². The monoisotopic (exact) mass is 329 g/mol. The third-order valence-electron chi connectivity index (χ3n) is 2.84. The summed E-state index contributed by atoms with van der Waals surface area (Å²) in [6.07, 6.45) is 1.45. The van der Waals surface area contributed by atoms with Crippen molar-refractivity contribution in [3.8, 4) is 0 Å². The van der Waals surface area contributed by atoms with Gasteiger partial charge < -0.3 is 9.46 Å². The van der Waals surface area contributed by atoms with E-state index in [0.717, 1.165) is 11.0 Å². The second-order valence-electron chi connectivity index (χ2n) is 4.71. The Hall–Kier alpha value is -1.09. The molecule has 1 heterocycles. The normalized spacial score (nSPS) is 11.4. The van der Waals surface area contributed by atoms with Crippen LogP contribution in [0.1, 0.15) is 0 Å². The van der Waals surface area contributed by atoms with E-state index in [4.69, 9.17) is 23.2 Å². The van der Waals surface area contributed by atoms with Crippen LogP contribution in [0.3, 0.4) is 0 Å². The van der Waals surface area contributed by atoms with Crippen LogP contribution in [0.2, 0.25) is 10.3 Å². The van der Waals surface area contributed by atoms with Crippen molar-refractivity contribution in [2.75, 3.05) is 25.3 Å². The molecule has 1 aromatic carbocycles. The fourth-order valence-corrected chi connectivity index (χ4v) is 3.46. The van der Waals surface area contributed by atoms with Crippen molar-refractivity contribution in [2.24, 2.45) is 0 Å². The van der Waals surface area contributed by atoms with Gasteiger partial charge >= 0.3 is 0 Å². The predicted octanol–water partition coefficient (Wildman–Crippen LogP) is 3.80. The summed E-state index contributed by atoms with van der Waals surface area (Å²) in [5, 5.41) is 1.27. The quantitative estimate of drug-likeness (QED) is 0.634. The number of halogens is 2. The van der Waals surface area contributed by atoms with Gasteiger partial charge in [0.05, 0.1) is 11.9 Å². The van der Waals surface area contributed by atoms with Gasteiger partial charge in [0.1, 0.15) is 12.2 Å². The summed E-state index contributed by atoms with van der Waals surface area (Å²) in [6, 6.07) is 7.47. The Balaban J connectivity index is 2.57. The fraction of sp³-hybridized carbons (Fsp3) is 0.231. The first-order valence-electron chi connectivity index (χ1n) is 5.87. The van der Waals surface area contributed by atoms with E-state index in [1.54, 1.807) is 25.3 Å². The number of benzene rings is 1. The Morgan fingerprint density at radius 2 is 1.85 bits per heavy atom. The molecule has 0 saturated carbocycles. The van der Waals surface area contributed by atoms with E-state index in [0.29, 0.717) is 10.8 Å². The standard InChI is InChI=1S/C13H14Cl2N3OP/c1-18(12-9(14)8-16-13(15)17-12)10-6-4-5-7-11(10)20(2,3)19/h4-8H,1-3H3. The highest BCUT2D eigenvalue weighted by Crippen LogP contribution is 2.40. The first kappa shape index (κ1) is 15.3. The molecule has 0 aliphatic rings. The maximum absolute atomic E-state index is 12.4. The van der Waals surface area contributed by atoms with E-state index in [-0.39, 0.29) is 5.28 Å². The number of aromatic nitrogens is 2. The molecule has 0 spiro atoms. The van der Waals surface area contributed by atoms with Gasteiger partial charge in [0.25, 0.3) is 0 Å². The van der Waals surface area contributed by atoms with E-state index in [9.17, 15) is 4.57 Å². The molecule has 2 aromatic rings. The number of para-hydroxylation sites is 1. The molecular formula is C13H14Cl2N3OP. The van der Waals surface area contributed by atoms with Crippen molar-refractivity contribution in [1.29, 1.82) is 0 Å². The molecule has 0 aliphatic carbocycles. The average molecular weight is 330 g/mol. The summed E-state index contributed by atoms with van der Waals surface area (Å²) in [5.74, 6) is 0.479. The van der Waals surface area contributed by atoms with Gasteiger partial charge in [-0.25, -0.2) is 4.98 Å². The lowest BCUT2D eigenvalue weighted by molar-refractivity contribution is 0.588. The van der Waals surface area contributed by atoms with Gasteiger partial charge in [-0.05, 0) is 37.1 Å². The van der Waals surface area contributed by atoms with Crippen molar-refractivity contribution in [1.82, 2.24) is 9.97 Å². The Labute approximate surface area is 128 Å². The Morgan fingerprint density at radius 3 is 2.50 bits per heavy atom. The Kier molecular flexibility index (Phi) is 4.38. The third-order valence-corrected chi connectivity index (χ3v) is 4.82. The molecule has 0 amide bonds. The van der Waals surface area contributed by atoms with Crippen LogP contribution in [0.5, 0.6) is 0 Å². The summed E-state index contributed by atoms with van der Waals surface area (Å²) in [6.45, 7) is 3.46. The third kappa shape index (κ3) is 3.14. The van der Waals surface area contributed by atoms with Gasteiger partial charge in [0.2, 0.25) is 5.28 Å². The molecule has 0 bridgehead atoms. The van der Waals surface area contributed by atoms with Gasteiger partial charge in [-0.1, -0.05) is 23.7 Å². The van der Waals surface area contributed by atoms with Crippen LogP contribution in [0.4, 0.5) is 11.5 Å². The fourth-order valence-electron chi connectivity index (χ4n) is 1.89. The minimum absolute atomic E-state index is 0.116. The number of hydrogen-bond donors (Lipinski definition) is 0. The van der Waals surface area contributed by atoms with Crippen LogP contribution in [-0.4, -0.2) is 30.3 Å². The lowest BCUT2D eigenvalue weighted by Crippen LogP contribution is -2.20. The van der Waals surface area contributed by atoms with E-state index < -0.39 is 7.14 Å². The summed E-state index contributed by atoms with van der Waals surface area (Å²) in [5.41, 5.74) is 0.789. The second kappa shape index (κ2) is 5.72. The van der Waals surface area contributed by atoms with E-state index >= 15 is 0 Å². The highest BCUT2D eigenvalue weighted by Gasteiger charge is 2.20.